The summed E-state index contributed by atoms with van der Waals surface area (Å²) in [6, 6.07) is 13.9. The minimum absolute atomic E-state index is 0.0310. The lowest BCUT2D eigenvalue weighted by Gasteiger charge is -2.26. The number of hydrogen-bond acceptors (Lipinski definition) is 5. The van der Waals surface area contributed by atoms with Crippen LogP contribution in [0.5, 0.6) is 5.88 Å². The SMILES string of the molecule is CC(C)C(=O)N1CCC[C@H]1CCOc1ccc2ncc(-c3cc4ccccc4o3)n2n1. The van der Waals surface area contributed by atoms with Crippen LogP contribution < -0.4 is 4.74 Å². The maximum Gasteiger partial charge on any atom is 0.231 e. The second-order valence-electron chi connectivity index (χ2n) is 8.35. The van der Waals surface area contributed by atoms with E-state index in [2.05, 4.69) is 10.1 Å². The number of aromatic nitrogens is 3. The molecule has 4 heterocycles. The molecule has 7 nitrogen and oxygen atoms in total. The minimum atomic E-state index is 0.0310. The molecular formula is C24H26N4O3. The Bertz CT molecular complexity index is 1190. The molecule has 1 atom stereocenters. The molecule has 0 radical (unpaired) electrons. The molecule has 7 heteroatoms. The van der Waals surface area contributed by atoms with E-state index in [0.29, 0.717) is 18.2 Å². The number of furan rings is 1. The van der Waals surface area contributed by atoms with Crippen molar-refractivity contribution in [2.75, 3.05) is 13.2 Å². The maximum atomic E-state index is 12.4. The third kappa shape index (κ3) is 3.76. The smallest absolute Gasteiger partial charge is 0.231 e. The predicted molar refractivity (Wildman–Crippen MR) is 118 cm³/mol. The summed E-state index contributed by atoms with van der Waals surface area (Å²) in [4.78, 5) is 18.8. The van der Waals surface area contributed by atoms with Crippen molar-refractivity contribution < 1.29 is 13.9 Å². The molecule has 1 amide bonds. The summed E-state index contributed by atoms with van der Waals surface area (Å²) < 4.78 is 13.7. The number of para-hydroxylation sites is 1. The number of likely N-dealkylation sites (tertiary alicyclic amines) is 1. The lowest BCUT2D eigenvalue weighted by Crippen LogP contribution is -2.38. The number of amides is 1. The van der Waals surface area contributed by atoms with Gasteiger partial charge in [0.05, 0.1) is 12.8 Å². The van der Waals surface area contributed by atoms with Crippen molar-refractivity contribution in [3.63, 3.8) is 0 Å². The van der Waals surface area contributed by atoms with E-state index in [9.17, 15) is 4.79 Å². The van der Waals surface area contributed by atoms with Crippen molar-refractivity contribution in [1.29, 1.82) is 0 Å². The fourth-order valence-electron chi connectivity index (χ4n) is 4.27. The molecule has 0 saturated carbocycles. The second kappa shape index (κ2) is 8.06. The third-order valence-corrected chi connectivity index (χ3v) is 5.87. The van der Waals surface area contributed by atoms with E-state index < -0.39 is 0 Å². The minimum Gasteiger partial charge on any atom is -0.477 e. The molecule has 4 aromatic rings. The standard InChI is InChI=1S/C24H26N4O3/c1-16(2)24(29)27-12-5-7-18(27)11-13-30-23-10-9-22-25-15-19(28(22)26-23)21-14-17-6-3-4-8-20(17)31-21/h3-4,6,8-10,14-16,18H,5,7,11-13H2,1-2H3/t18-/m0/s1. The van der Waals surface area contributed by atoms with Crippen LogP contribution in [0, 0.1) is 5.92 Å². The first-order valence-corrected chi connectivity index (χ1v) is 10.9. The normalized spacial score (nSPS) is 16.6. The molecule has 0 bridgehead atoms. The number of imidazole rings is 1. The Morgan fingerprint density at radius 1 is 1.26 bits per heavy atom. The topological polar surface area (TPSA) is 72.9 Å². The summed E-state index contributed by atoms with van der Waals surface area (Å²) in [6.07, 6.45) is 4.66. The zero-order chi connectivity index (χ0) is 21.4. The van der Waals surface area contributed by atoms with Gasteiger partial charge >= 0.3 is 0 Å². The Hall–Kier alpha value is -3.35. The molecule has 1 aromatic carbocycles. The van der Waals surface area contributed by atoms with E-state index in [1.54, 1.807) is 10.7 Å². The van der Waals surface area contributed by atoms with Gasteiger partial charge in [0.1, 0.15) is 11.3 Å². The van der Waals surface area contributed by atoms with Crippen LogP contribution in [0.2, 0.25) is 0 Å². The fraction of sp³-hybridized carbons (Fsp3) is 0.375. The first-order chi connectivity index (χ1) is 15.1. The summed E-state index contributed by atoms with van der Waals surface area (Å²) >= 11 is 0. The van der Waals surface area contributed by atoms with Gasteiger partial charge in [0.25, 0.3) is 0 Å². The molecular weight excluding hydrogens is 392 g/mol. The Morgan fingerprint density at radius 2 is 2.13 bits per heavy atom. The summed E-state index contributed by atoms with van der Waals surface area (Å²) in [7, 11) is 0. The van der Waals surface area contributed by atoms with Gasteiger partial charge in [0.15, 0.2) is 11.4 Å². The molecule has 1 saturated heterocycles. The van der Waals surface area contributed by atoms with Gasteiger partial charge < -0.3 is 14.1 Å². The first kappa shape index (κ1) is 19.6. The van der Waals surface area contributed by atoms with Crippen molar-refractivity contribution in [2.24, 2.45) is 5.92 Å². The van der Waals surface area contributed by atoms with Crippen LogP contribution in [0.15, 0.2) is 53.1 Å². The molecule has 3 aromatic heterocycles. The van der Waals surface area contributed by atoms with Gasteiger partial charge in [-0.15, -0.1) is 5.10 Å². The number of hydrogen-bond donors (Lipinski definition) is 0. The molecule has 160 valence electrons. The van der Waals surface area contributed by atoms with Crippen molar-refractivity contribution in [1.82, 2.24) is 19.5 Å². The highest BCUT2D eigenvalue weighted by Crippen LogP contribution is 2.28. The Morgan fingerprint density at radius 3 is 2.97 bits per heavy atom. The largest absolute Gasteiger partial charge is 0.477 e. The Labute approximate surface area is 180 Å². The lowest BCUT2D eigenvalue weighted by atomic mass is 10.1. The van der Waals surface area contributed by atoms with E-state index in [4.69, 9.17) is 9.15 Å². The van der Waals surface area contributed by atoms with Gasteiger partial charge in [0, 0.05) is 36.4 Å². The summed E-state index contributed by atoms with van der Waals surface area (Å²) in [6.45, 7) is 5.28. The van der Waals surface area contributed by atoms with E-state index in [1.165, 1.54) is 0 Å². The van der Waals surface area contributed by atoms with E-state index in [1.807, 2.05) is 61.2 Å². The molecule has 1 aliphatic heterocycles. The highest BCUT2D eigenvalue weighted by atomic mass is 16.5. The third-order valence-electron chi connectivity index (χ3n) is 5.87. The molecule has 1 fully saturated rings. The summed E-state index contributed by atoms with van der Waals surface area (Å²) in [5.41, 5.74) is 2.34. The second-order valence-corrected chi connectivity index (χ2v) is 8.35. The number of ether oxygens (including phenoxy) is 1. The number of benzene rings is 1. The molecule has 0 N–H and O–H groups in total. The quantitative estimate of drug-likeness (QED) is 0.459. The number of carbonyl (C=O) groups excluding carboxylic acids is 1. The highest BCUT2D eigenvalue weighted by Gasteiger charge is 2.29. The summed E-state index contributed by atoms with van der Waals surface area (Å²) in [5, 5.41) is 5.66. The average molecular weight is 418 g/mol. The zero-order valence-electron chi connectivity index (χ0n) is 17.8. The van der Waals surface area contributed by atoms with Crippen LogP contribution in [0.4, 0.5) is 0 Å². The van der Waals surface area contributed by atoms with Crippen molar-refractivity contribution in [3.05, 3.63) is 48.7 Å². The highest BCUT2D eigenvalue weighted by molar-refractivity contribution is 5.82. The van der Waals surface area contributed by atoms with Crippen LogP contribution in [0.3, 0.4) is 0 Å². The zero-order valence-corrected chi connectivity index (χ0v) is 17.8. The van der Waals surface area contributed by atoms with Gasteiger partial charge in [-0.2, -0.15) is 0 Å². The average Bonchev–Trinajstić information content (AvgIpc) is 3.50. The van der Waals surface area contributed by atoms with Crippen LogP contribution in [-0.2, 0) is 4.79 Å². The van der Waals surface area contributed by atoms with Gasteiger partial charge in [0.2, 0.25) is 11.8 Å². The monoisotopic (exact) mass is 418 g/mol. The van der Waals surface area contributed by atoms with Gasteiger partial charge in [-0.3, -0.25) is 4.79 Å². The van der Waals surface area contributed by atoms with Crippen molar-refractivity contribution in [3.8, 4) is 17.3 Å². The Kier molecular flexibility index (Phi) is 5.10. The van der Waals surface area contributed by atoms with Gasteiger partial charge in [-0.05, 0) is 31.0 Å². The van der Waals surface area contributed by atoms with Crippen molar-refractivity contribution >= 4 is 22.5 Å². The number of carbonyl (C=O) groups is 1. The number of nitrogens with zero attached hydrogens (tertiary/aromatic N) is 4. The summed E-state index contributed by atoms with van der Waals surface area (Å²) in [5.74, 6) is 1.51. The van der Waals surface area contributed by atoms with Gasteiger partial charge in [-0.25, -0.2) is 9.50 Å². The Balaban J connectivity index is 1.31. The molecule has 0 spiro atoms. The van der Waals surface area contributed by atoms with Gasteiger partial charge in [-0.1, -0.05) is 32.0 Å². The van der Waals surface area contributed by atoms with E-state index >= 15 is 0 Å². The van der Waals surface area contributed by atoms with Crippen LogP contribution >= 0.6 is 0 Å². The van der Waals surface area contributed by atoms with Crippen LogP contribution in [0.25, 0.3) is 28.1 Å². The first-order valence-electron chi connectivity index (χ1n) is 10.9. The van der Waals surface area contributed by atoms with E-state index in [-0.39, 0.29) is 17.9 Å². The van der Waals surface area contributed by atoms with Crippen LogP contribution in [0.1, 0.15) is 33.1 Å². The molecule has 1 aliphatic rings. The number of fused-ring (bicyclic) bond motifs is 2. The molecule has 5 rings (SSSR count). The molecule has 0 aliphatic carbocycles. The van der Waals surface area contributed by atoms with Crippen LogP contribution in [-0.4, -0.2) is 44.6 Å². The van der Waals surface area contributed by atoms with Crippen molar-refractivity contribution in [2.45, 2.75) is 39.2 Å². The molecule has 31 heavy (non-hydrogen) atoms. The number of rotatable bonds is 6. The molecule has 0 unspecified atom stereocenters. The lowest BCUT2D eigenvalue weighted by molar-refractivity contribution is -0.135. The predicted octanol–water partition coefficient (Wildman–Crippen LogP) is 4.56. The van der Waals surface area contributed by atoms with E-state index in [0.717, 1.165) is 48.1 Å². The maximum absolute atomic E-state index is 12.4. The fourth-order valence-corrected chi connectivity index (χ4v) is 4.27.